The zero-order valence-corrected chi connectivity index (χ0v) is 11.2. The minimum Gasteiger partial charge on any atom is -0.368 e. The molecular formula is C12H15ClN6. The summed E-state index contributed by atoms with van der Waals surface area (Å²) < 4.78 is 2.17. The number of rotatable bonds is 2. The maximum absolute atomic E-state index is 5.91. The Hall–Kier alpha value is -1.82. The minimum absolute atomic E-state index is 0.222. The lowest BCUT2D eigenvalue weighted by molar-refractivity contribution is 0.395. The van der Waals surface area contributed by atoms with Crippen LogP contribution < -0.4 is 10.6 Å². The lowest BCUT2D eigenvalue weighted by atomic mass is 10.1. The highest BCUT2D eigenvalue weighted by Gasteiger charge is 2.21. The summed E-state index contributed by atoms with van der Waals surface area (Å²) in [5, 5.41) is 0.388. The van der Waals surface area contributed by atoms with E-state index < -0.39 is 0 Å². The van der Waals surface area contributed by atoms with Crippen LogP contribution in [-0.4, -0.2) is 32.6 Å². The van der Waals surface area contributed by atoms with Crippen molar-refractivity contribution < 1.29 is 0 Å². The molecule has 1 saturated heterocycles. The number of aromatic nitrogens is 4. The summed E-state index contributed by atoms with van der Waals surface area (Å²) in [6.45, 7) is 1.85. The molecule has 6 nitrogen and oxygen atoms in total. The molecule has 3 rings (SSSR count). The molecule has 3 heterocycles. The zero-order valence-electron chi connectivity index (χ0n) is 10.4. The molecule has 1 aliphatic heterocycles. The third kappa shape index (κ3) is 2.63. The Morgan fingerprint density at radius 2 is 2.05 bits per heavy atom. The molecule has 0 radical (unpaired) electrons. The molecular weight excluding hydrogens is 264 g/mol. The van der Waals surface area contributed by atoms with E-state index in [1.54, 1.807) is 6.07 Å². The molecule has 0 bridgehead atoms. The molecule has 1 fully saturated rings. The van der Waals surface area contributed by atoms with Gasteiger partial charge in [0.05, 0.1) is 6.33 Å². The number of hydrogen-bond donors (Lipinski definition) is 1. The van der Waals surface area contributed by atoms with Crippen molar-refractivity contribution in [3.05, 3.63) is 29.9 Å². The molecule has 1 aliphatic rings. The molecule has 0 amide bonds. The molecule has 2 N–H and O–H groups in total. The van der Waals surface area contributed by atoms with Crippen LogP contribution in [0.3, 0.4) is 0 Å². The Bertz CT molecular complexity index is 527. The minimum atomic E-state index is 0.222. The molecule has 2 aromatic heterocycles. The van der Waals surface area contributed by atoms with E-state index in [0.717, 1.165) is 31.7 Å². The summed E-state index contributed by atoms with van der Waals surface area (Å²) in [4.78, 5) is 14.4. The second-order valence-electron chi connectivity index (χ2n) is 4.64. The molecule has 0 atom stereocenters. The van der Waals surface area contributed by atoms with Crippen LogP contribution in [0, 0.1) is 0 Å². The van der Waals surface area contributed by atoms with Crippen LogP contribution in [0.2, 0.25) is 5.15 Å². The van der Waals surface area contributed by atoms with Crippen molar-refractivity contribution in [2.45, 2.75) is 18.9 Å². The molecule has 19 heavy (non-hydrogen) atoms. The van der Waals surface area contributed by atoms with Crippen molar-refractivity contribution in [2.75, 3.05) is 23.7 Å². The zero-order chi connectivity index (χ0) is 13.2. The van der Waals surface area contributed by atoms with Crippen molar-refractivity contribution in [1.82, 2.24) is 19.5 Å². The largest absolute Gasteiger partial charge is 0.368 e. The van der Waals surface area contributed by atoms with Gasteiger partial charge in [0.15, 0.2) is 0 Å². The summed E-state index contributed by atoms with van der Waals surface area (Å²) in [6, 6.07) is 2.27. The first-order valence-corrected chi connectivity index (χ1v) is 6.62. The maximum atomic E-state index is 5.91. The summed E-state index contributed by atoms with van der Waals surface area (Å²) in [6.07, 6.45) is 7.81. The molecule has 7 heteroatoms. The fourth-order valence-electron chi connectivity index (χ4n) is 2.46. The van der Waals surface area contributed by atoms with Gasteiger partial charge in [0.1, 0.15) is 11.0 Å². The molecule has 0 spiro atoms. The summed E-state index contributed by atoms with van der Waals surface area (Å²) in [5.41, 5.74) is 5.62. The van der Waals surface area contributed by atoms with Gasteiger partial charge >= 0.3 is 0 Å². The standard InChI is InChI=1S/C12H15ClN6/c13-10-7-11(17-12(14)16-10)18-4-1-9(2-5-18)19-6-3-15-8-19/h3,6-9H,1-2,4-5H2,(H2,14,16,17). The fourth-order valence-corrected chi connectivity index (χ4v) is 2.65. The van der Waals surface area contributed by atoms with Crippen molar-refractivity contribution in [3.63, 3.8) is 0 Å². The van der Waals surface area contributed by atoms with Crippen molar-refractivity contribution in [1.29, 1.82) is 0 Å². The molecule has 0 saturated carbocycles. The highest BCUT2D eigenvalue weighted by atomic mass is 35.5. The van der Waals surface area contributed by atoms with Gasteiger partial charge in [-0.2, -0.15) is 4.98 Å². The first-order valence-electron chi connectivity index (χ1n) is 6.25. The van der Waals surface area contributed by atoms with E-state index in [4.69, 9.17) is 17.3 Å². The topological polar surface area (TPSA) is 72.9 Å². The number of anilines is 2. The summed E-state index contributed by atoms with van der Waals surface area (Å²) >= 11 is 5.91. The first kappa shape index (κ1) is 12.2. The van der Waals surface area contributed by atoms with E-state index in [2.05, 4.69) is 24.4 Å². The molecule has 100 valence electrons. The van der Waals surface area contributed by atoms with Crippen LogP contribution in [0.1, 0.15) is 18.9 Å². The van der Waals surface area contributed by atoms with E-state index in [1.807, 2.05) is 18.7 Å². The Morgan fingerprint density at radius 1 is 1.26 bits per heavy atom. The second kappa shape index (κ2) is 5.05. The van der Waals surface area contributed by atoms with Crippen LogP contribution >= 0.6 is 11.6 Å². The van der Waals surface area contributed by atoms with Crippen molar-refractivity contribution in [3.8, 4) is 0 Å². The number of nitrogens with two attached hydrogens (primary N) is 1. The first-order chi connectivity index (χ1) is 9.22. The summed E-state index contributed by atoms with van der Waals surface area (Å²) in [7, 11) is 0. The van der Waals surface area contributed by atoms with Gasteiger partial charge in [-0.3, -0.25) is 0 Å². The van der Waals surface area contributed by atoms with Crippen LogP contribution in [0.4, 0.5) is 11.8 Å². The maximum Gasteiger partial charge on any atom is 0.223 e. The highest BCUT2D eigenvalue weighted by Crippen LogP contribution is 2.26. The predicted molar refractivity (Wildman–Crippen MR) is 74.2 cm³/mol. The number of nitrogen functional groups attached to an aromatic ring is 1. The summed E-state index contributed by atoms with van der Waals surface area (Å²) in [5.74, 6) is 1.03. The lowest BCUT2D eigenvalue weighted by Crippen LogP contribution is -2.35. The molecule has 2 aromatic rings. The number of hydrogen-bond acceptors (Lipinski definition) is 5. The predicted octanol–water partition coefficient (Wildman–Crippen LogP) is 1.75. The van der Waals surface area contributed by atoms with Gasteiger partial charge in [0.25, 0.3) is 0 Å². The SMILES string of the molecule is Nc1nc(Cl)cc(N2CCC(n3ccnc3)CC2)n1. The number of nitrogens with zero attached hydrogens (tertiary/aromatic N) is 5. The van der Waals surface area contributed by atoms with Crippen molar-refractivity contribution >= 4 is 23.4 Å². The van der Waals surface area contributed by atoms with Crippen molar-refractivity contribution in [2.24, 2.45) is 0 Å². The molecule has 0 aliphatic carbocycles. The number of imidazole rings is 1. The highest BCUT2D eigenvalue weighted by molar-refractivity contribution is 6.29. The van der Waals surface area contributed by atoms with Gasteiger partial charge in [-0.25, -0.2) is 9.97 Å². The van der Waals surface area contributed by atoms with E-state index in [0.29, 0.717) is 11.2 Å². The molecule has 0 aromatic carbocycles. The third-order valence-corrected chi connectivity index (χ3v) is 3.63. The van der Waals surface area contributed by atoms with Gasteiger partial charge in [-0.15, -0.1) is 0 Å². The smallest absolute Gasteiger partial charge is 0.223 e. The average Bonchev–Trinajstić information content (AvgIpc) is 2.91. The van der Waals surface area contributed by atoms with E-state index in [1.165, 1.54) is 0 Å². The van der Waals surface area contributed by atoms with Crippen LogP contribution in [0.25, 0.3) is 0 Å². The fraction of sp³-hybridized carbons (Fsp3) is 0.417. The Kier molecular flexibility index (Phi) is 3.25. The lowest BCUT2D eigenvalue weighted by Gasteiger charge is -2.33. The number of halogens is 1. The van der Waals surface area contributed by atoms with Crippen LogP contribution in [-0.2, 0) is 0 Å². The Balaban J connectivity index is 1.70. The van der Waals surface area contributed by atoms with Gasteiger partial charge < -0.3 is 15.2 Å². The van der Waals surface area contributed by atoms with Crippen LogP contribution in [0.15, 0.2) is 24.8 Å². The monoisotopic (exact) mass is 278 g/mol. The Morgan fingerprint density at radius 3 is 2.68 bits per heavy atom. The van der Waals surface area contributed by atoms with E-state index in [-0.39, 0.29) is 5.95 Å². The third-order valence-electron chi connectivity index (χ3n) is 3.43. The Labute approximate surface area is 116 Å². The van der Waals surface area contributed by atoms with Crippen LogP contribution in [0.5, 0.6) is 0 Å². The average molecular weight is 279 g/mol. The van der Waals surface area contributed by atoms with Gasteiger partial charge in [0.2, 0.25) is 5.95 Å². The normalized spacial score (nSPS) is 16.8. The van der Waals surface area contributed by atoms with Gasteiger partial charge in [-0.05, 0) is 12.8 Å². The molecule has 0 unspecified atom stereocenters. The van der Waals surface area contributed by atoms with E-state index >= 15 is 0 Å². The quantitative estimate of drug-likeness (QED) is 0.847. The van der Waals surface area contributed by atoms with Gasteiger partial charge in [0, 0.05) is 37.6 Å². The van der Waals surface area contributed by atoms with Gasteiger partial charge in [-0.1, -0.05) is 11.6 Å². The number of piperidine rings is 1. The second-order valence-corrected chi connectivity index (χ2v) is 5.02. The van der Waals surface area contributed by atoms with E-state index in [9.17, 15) is 0 Å².